The maximum absolute atomic E-state index is 13.2. The Bertz CT molecular complexity index is 915. The van der Waals surface area contributed by atoms with Crippen LogP contribution in [-0.4, -0.2) is 98.6 Å². The van der Waals surface area contributed by atoms with E-state index in [-0.39, 0.29) is 12.1 Å². The van der Waals surface area contributed by atoms with E-state index < -0.39 is 82.5 Å². The highest BCUT2D eigenvalue weighted by atomic mass is 35.5. The average molecular weight is 807 g/mol. The van der Waals surface area contributed by atoms with Crippen molar-refractivity contribution in [2.45, 2.75) is 145 Å². The summed E-state index contributed by atoms with van der Waals surface area (Å²) in [6, 6.07) is 2.59. The Morgan fingerprint density at radius 1 is 0.614 bits per heavy atom. The first-order chi connectivity index (χ1) is 19.9. The van der Waals surface area contributed by atoms with E-state index in [0.29, 0.717) is 53.9 Å². The van der Waals surface area contributed by atoms with Gasteiger partial charge in [0.15, 0.2) is 16.6 Å². The molecule has 0 aliphatic heterocycles. The van der Waals surface area contributed by atoms with Gasteiger partial charge in [0.1, 0.15) is 0 Å². The maximum Gasteiger partial charge on any atom is 0.483 e. The van der Waals surface area contributed by atoms with Crippen LogP contribution in [0.25, 0.3) is 0 Å². The van der Waals surface area contributed by atoms with Crippen LogP contribution in [0, 0.1) is 0 Å². The van der Waals surface area contributed by atoms with Gasteiger partial charge in [-0.15, -0.1) is 11.6 Å². The van der Waals surface area contributed by atoms with Crippen molar-refractivity contribution in [3.05, 3.63) is 0 Å². The van der Waals surface area contributed by atoms with Gasteiger partial charge in [0.25, 0.3) is 34.7 Å². The average Bonchev–Trinajstić information content (AvgIpc) is 2.83. The number of hydrogen-bond donors (Lipinski definition) is 0. The normalized spacial score (nSPS) is 17.0. The number of halogens is 1. The zero-order chi connectivity index (χ0) is 34.6. The zero-order valence-corrected chi connectivity index (χ0v) is 40.1. The fourth-order valence-corrected chi connectivity index (χ4v) is 41.0. The molecular formula is C24H58ClO9Si10. The lowest BCUT2D eigenvalue weighted by Crippen LogP contribution is -2.66. The lowest BCUT2D eigenvalue weighted by molar-refractivity contribution is 0.0771. The molecule has 0 aliphatic rings. The minimum absolute atomic E-state index is 0.154. The number of hydrogen-bond acceptors (Lipinski definition) is 9. The standard InChI is InChI=1S/C24H58ClO9Si10/c1-13-36(26)20-24(35,21-37(27)14-2)30-44(19-17-18-25,33-42(11,22-38(28)15-3)31-40(5,6)7)34-43(12,23-39(29)16-4)32-41(8,9)10/h13-23H2,1-12H3. The fraction of sp³-hybridized carbons (Fsp3) is 1.00. The van der Waals surface area contributed by atoms with E-state index >= 15 is 0 Å². The molecule has 0 rings (SSSR count). The van der Waals surface area contributed by atoms with Crippen LogP contribution in [0.4, 0.5) is 0 Å². The van der Waals surface area contributed by atoms with Gasteiger partial charge >= 0.3 is 25.9 Å². The second-order valence-electron chi connectivity index (χ2n) is 13.7. The number of rotatable bonds is 25. The highest BCUT2D eigenvalue weighted by molar-refractivity contribution is 6.93. The molecule has 0 fully saturated rings. The molecule has 44 heavy (non-hydrogen) atoms. The Kier molecular flexibility index (Phi) is 20.2. The van der Waals surface area contributed by atoms with Crippen molar-refractivity contribution < 1.29 is 38.7 Å². The molecule has 0 aromatic heterocycles. The summed E-state index contributed by atoms with van der Waals surface area (Å²) in [6.07, 6.45) is 0.489. The van der Waals surface area contributed by atoms with Gasteiger partial charge in [0.05, 0.1) is 15.5 Å². The summed E-state index contributed by atoms with van der Waals surface area (Å²) < 4.78 is 87.7. The molecular weight excluding hydrogens is 749 g/mol. The maximum atomic E-state index is 13.2. The first kappa shape index (κ1) is 45.5. The van der Waals surface area contributed by atoms with Crippen molar-refractivity contribution in [2.75, 3.05) is 5.88 Å². The Morgan fingerprint density at radius 3 is 1.23 bits per heavy atom. The monoisotopic (exact) mass is 805 g/mol. The summed E-state index contributed by atoms with van der Waals surface area (Å²) in [4.78, 5) is 0. The minimum Gasteiger partial charge on any atom is -0.436 e. The molecule has 0 aromatic carbocycles. The zero-order valence-electron chi connectivity index (χ0n) is 29.3. The van der Waals surface area contributed by atoms with Crippen molar-refractivity contribution >= 4 is 99.1 Å². The van der Waals surface area contributed by atoms with Crippen LogP contribution >= 0.6 is 11.6 Å². The molecule has 255 valence electrons. The lowest BCUT2D eigenvalue weighted by atomic mass is 10.4. The molecule has 0 amide bonds. The Labute approximate surface area is 287 Å². The van der Waals surface area contributed by atoms with E-state index in [2.05, 4.69) is 49.5 Å². The van der Waals surface area contributed by atoms with Gasteiger partial charge in [0.2, 0.25) is 0 Å². The van der Waals surface area contributed by atoms with E-state index in [1.54, 1.807) is 0 Å². The third-order valence-corrected chi connectivity index (χ3v) is 37.3. The molecule has 0 aromatic rings. The van der Waals surface area contributed by atoms with Crippen LogP contribution in [0.1, 0.15) is 34.1 Å². The van der Waals surface area contributed by atoms with Gasteiger partial charge in [-0.25, -0.2) is 0 Å². The summed E-state index contributed by atoms with van der Waals surface area (Å²) in [5, 5.41) is -1.24. The van der Waals surface area contributed by atoms with Crippen LogP contribution in [-0.2, 0) is 38.7 Å². The van der Waals surface area contributed by atoms with Crippen molar-refractivity contribution in [3.63, 3.8) is 0 Å². The van der Waals surface area contributed by atoms with E-state index in [9.17, 15) is 17.8 Å². The second-order valence-corrected chi connectivity index (χ2v) is 44.0. The van der Waals surface area contributed by atoms with Crippen molar-refractivity contribution in [1.29, 1.82) is 0 Å². The molecule has 0 spiro atoms. The van der Waals surface area contributed by atoms with Crippen molar-refractivity contribution in [1.82, 2.24) is 0 Å². The molecule has 20 heteroatoms. The van der Waals surface area contributed by atoms with Gasteiger partial charge in [-0.05, 0) is 83.0 Å². The van der Waals surface area contributed by atoms with Crippen LogP contribution in [0.5, 0.6) is 0 Å². The van der Waals surface area contributed by atoms with Crippen LogP contribution in [0.2, 0.25) is 106 Å². The summed E-state index contributed by atoms with van der Waals surface area (Å²) in [7, 11) is -19.2. The molecule has 0 saturated carbocycles. The molecule has 3 radical (unpaired) electrons. The summed E-state index contributed by atoms with van der Waals surface area (Å²) >= 11 is 6.30. The van der Waals surface area contributed by atoms with Gasteiger partial charge in [-0.2, -0.15) is 0 Å². The smallest absolute Gasteiger partial charge is 0.436 e. The third-order valence-electron chi connectivity index (χ3n) is 6.33. The van der Waals surface area contributed by atoms with Gasteiger partial charge < -0.3 is 38.7 Å². The van der Waals surface area contributed by atoms with Crippen LogP contribution < -0.4 is 0 Å². The molecule has 0 bridgehead atoms. The largest absolute Gasteiger partial charge is 0.483 e. The summed E-state index contributed by atoms with van der Waals surface area (Å²) in [5.74, 6) is 0.314. The van der Waals surface area contributed by atoms with Gasteiger partial charge in [0, 0.05) is 35.3 Å². The summed E-state index contributed by atoms with van der Waals surface area (Å²) in [5.41, 5.74) is 0.594. The molecule has 0 saturated heterocycles. The van der Waals surface area contributed by atoms with E-state index in [4.69, 9.17) is 32.5 Å². The molecule has 0 aliphatic carbocycles. The van der Waals surface area contributed by atoms with Gasteiger partial charge in [-0.1, -0.05) is 27.7 Å². The Hall–Kier alpha value is 1.46. The van der Waals surface area contributed by atoms with Crippen LogP contribution in [0.15, 0.2) is 0 Å². The van der Waals surface area contributed by atoms with E-state index in [1.807, 2.05) is 40.8 Å². The lowest BCUT2D eigenvalue weighted by Gasteiger charge is -2.48. The first-order valence-electron chi connectivity index (χ1n) is 15.8. The Morgan fingerprint density at radius 2 is 0.955 bits per heavy atom. The van der Waals surface area contributed by atoms with Crippen molar-refractivity contribution in [2.24, 2.45) is 0 Å². The Balaban J connectivity index is 7.61. The predicted molar refractivity (Wildman–Crippen MR) is 197 cm³/mol. The third kappa shape index (κ3) is 18.9. The first-order valence-corrected chi connectivity index (χ1v) is 37.9. The summed E-state index contributed by atoms with van der Waals surface area (Å²) in [6.45, 7) is 23.8. The number of alkyl halides is 1. The predicted octanol–water partition coefficient (Wildman–Crippen LogP) is 7.16. The fourth-order valence-electron chi connectivity index (χ4n) is 4.92. The van der Waals surface area contributed by atoms with Crippen molar-refractivity contribution in [3.8, 4) is 0 Å². The molecule has 2 atom stereocenters. The molecule has 0 heterocycles. The van der Waals surface area contributed by atoms with Gasteiger partial charge in [-0.3, -0.25) is 0 Å². The molecule has 2 unspecified atom stereocenters. The highest BCUT2D eigenvalue weighted by Gasteiger charge is 2.58. The minimum atomic E-state index is -3.95. The highest BCUT2D eigenvalue weighted by Crippen LogP contribution is 2.38. The topological polar surface area (TPSA) is 114 Å². The SMILES string of the molecule is CC[Si](=O)CC([Si])(C[Si](=O)CC)O[Si](CCCCl)(O[Si](C)(C[Si](=O)CC)O[Si](C)(C)C)O[Si](C)(C[Si](=O)CC)O[Si](C)(C)C. The molecule has 9 nitrogen and oxygen atoms in total. The molecule has 0 N–H and O–H groups in total. The second kappa shape index (κ2) is 19.6. The van der Waals surface area contributed by atoms with Crippen LogP contribution in [0.3, 0.4) is 0 Å². The van der Waals surface area contributed by atoms with E-state index in [0.717, 1.165) is 0 Å². The van der Waals surface area contributed by atoms with E-state index in [1.165, 1.54) is 0 Å². The quantitative estimate of drug-likeness (QED) is 0.0701.